The Hall–Kier alpha value is -2.54. The molecule has 21 heavy (non-hydrogen) atoms. The Morgan fingerprint density at radius 1 is 1.19 bits per heavy atom. The Balaban J connectivity index is 2.14. The Kier molecular flexibility index (Phi) is 3.49. The summed E-state index contributed by atoms with van der Waals surface area (Å²) in [5.74, 6) is 0.897. The third kappa shape index (κ3) is 2.55. The lowest BCUT2D eigenvalue weighted by Gasteiger charge is -2.09. The maximum atomic E-state index is 9.98. The van der Waals surface area contributed by atoms with E-state index in [2.05, 4.69) is 24.9 Å². The molecular formula is C14H13N5OS. The molecule has 1 heterocycles. The van der Waals surface area contributed by atoms with Crippen molar-refractivity contribution in [2.45, 2.75) is 6.92 Å². The van der Waals surface area contributed by atoms with Crippen LogP contribution >= 0.6 is 11.5 Å². The number of hydrogen-bond acceptors (Lipinski definition) is 7. The van der Waals surface area contributed by atoms with E-state index in [0.29, 0.717) is 16.6 Å². The lowest BCUT2D eigenvalue weighted by Crippen LogP contribution is -1.89. The first-order valence-corrected chi connectivity index (χ1v) is 7.11. The number of benzene rings is 2. The van der Waals surface area contributed by atoms with Crippen molar-refractivity contribution in [1.82, 2.24) is 9.36 Å². The first kappa shape index (κ1) is 13.4. The van der Waals surface area contributed by atoms with Crippen LogP contribution in [0.25, 0.3) is 10.8 Å². The third-order valence-electron chi connectivity index (χ3n) is 3.03. The van der Waals surface area contributed by atoms with Crippen LogP contribution in [-0.2, 0) is 0 Å². The molecule has 106 valence electrons. The minimum Gasteiger partial charge on any atom is -0.507 e. The molecule has 2 aromatic carbocycles. The van der Waals surface area contributed by atoms with Gasteiger partial charge in [-0.25, -0.2) is 4.98 Å². The fourth-order valence-electron chi connectivity index (χ4n) is 2.09. The van der Waals surface area contributed by atoms with Crippen molar-refractivity contribution in [3.8, 4) is 5.75 Å². The highest BCUT2D eigenvalue weighted by molar-refractivity contribution is 7.09. The first-order valence-electron chi connectivity index (χ1n) is 6.33. The van der Waals surface area contributed by atoms with Crippen LogP contribution in [-0.4, -0.2) is 21.5 Å². The van der Waals surface area contributed by atoms with Gasteiger partial charge in [-0.1, -0.05) is 12.1 Å². The average molecular weight is 299 g/mol. The van der Waals surface area contributed by atoms with Gasteiger partial charge in [-0.2, -0.15) is 4.37 Å². The van der Waals surface area contributed by atoms with Gasteiger partial charge in [-0.15, -0.1) is 10.2 Å². The lowest BCUT2D eigenvalue weighted by atomic mass is 10.1. The van der Waals surface area contributed by atoms with E-state index in [0.717, 1.165) is 16.5 Å². The number of hydrogen-bond donors (Lipinski definition) is 2. The van der Waals surface area contributed by atoms with Crippen LogP contribution in [0.15, 0.2) is 40.6 Å². The summed E-state index contributed by atoms with van der Waals surface area (Å²) in [6, 6.07) is 9.00. The maximum Gasteiger partial charge on any atom is 0.249 e. The molecular weight excluding hydrogens is 286 g/mol. The van der Waals surface area contributed by atoms with Gasteiger partial charge in [0.1, 0.15) is 11.6 Å². The molecule has 0 unspecified atom stereocenters. The topological polar surface area (TPSA) is 82.8 Å². The van der Waals surface area contributed by atoms with Crippen LogP contribution < -0.4 is 5.32 Å². The smallest absolute Gasteiger partial charge is 0.249 e. The molecule has 0 amide bonds. The van der Waals surface area contributed by atoms with Gasteiger partial charge in [0, 0.05) is 35.0 Å². The van der Waals surface area contributed by atoms with Gasteiger partial charge in [0.15, 0.2) is 0 Å². The summed E-state index contributed by atoms with van der Waals surface area (Å²) in [4.78, 5) is 4.15. The minimum atomic E-state index is 0.216. The quantitative estimate of drug-likeness (QED) is 0.711. The molecule has 0 aliphatic rings. The minimum absolute atomic E-state index is 0.216. The Bertz CT molecular complexity index is 827. The number of aromatic hydroxyl groups is 1. The molecule has 3 aromatic rings. The zero-order valence-corrected chi connectivity index (χ0v) is 12.3. The number of azo groups is 1. The molecule has 0 spiro atoms. The van der Waals surface area contributed by atoms with E-state index in [-0.39, 0.29) is 5.75 Å². The summed E-state index contributed by atoms with van der Waals surface area (Å²) < 4.78 is 4.06. The van der Waals surface area contributed by atoms with Crippen molar-refractivity contribution in [3.63, 3.8) is 0 Å². The summed E-state index contributed by atoms with van der Waals surface area (Å²) in [5, 5.41) is 23.5. The fourth-order valence-corrected chi connectivity index (χ4v) is 2.59. The summed E-state index contributed by atoms with van der Waals surface area (Å²) in [6.07, 6.45) is 0. The van der Waals surface area contributed by atoms with E-state index in [1.165, 1.54) is 11.5 Å². The number of fused-ring (bicyclic) bond motifs is 1. The van der Waals surface area contributed by atoms with Crippen molar-refractivity contribution in [1.29, 1.82) is 0 Å². The van der Waals surface area contributed by atoms with E-state index in [1.54, 1.807) is 12.1 Å². The number of aryl methyl sites for hydroxylation is 1. The second kappa shape index (κ2) is 5.45. The molecule has 0 bridgehead atoms. The SMILES string of the molecule is CNc1cccc2c(O)ccc(N=Nc3nc(C)ns3)c12. The van der Waals surface area contributed by atoms with Crippen molar-refractivity contribution >= 4 is 38.8 Å². The van der Waals surface area contributed by atoms with Gasteiger partial charge in [-0.05, 0) is 25.1 Å². The molecule has 0 saturated heterocycles. The number of aromatic nitrogens is 2. The second-order valence-corrected chi connectivity index (χ2v) is 5.14. The molecule has 1 aromatic heterocycles. The van der Waals surface area contributed by atoms with Crippen LogP contribution in [0.3, 0.4) is 0 Å². The zero-order chi connectivity index (χ0) is 14.8. The zero-order valence-electron chi connectivity index (χ0n) is 11.5. The fraction of sp³-hybridized carbons (Fsp3) is 0.143. The molecule has 0 aliphatic heterocycles. The highest BCUT2D eigenvalue weighted by Crippen LogP contribution is 2.38. The van der Waals surface area contributed by atoms with Crippen LogP contribution in [0.5, 0.6) is 5.75 Å². The number of rotatable bonds is 3. The molecule has 0 saturated carbocycles. The Morgan fingerprint density at radius 2 is 2.05 bits per heavy atom. The third-order valence-corrected chi connectivity index (χ3v) is 3.72. The summed E-state index contributed by atoms with van der Waals surface area (Å²) in [7, 11) is 1.83. The van der Waals surface area contributed by atoms with Crippen molar-refractivity contribution in [3.05, 3.63) is 36.2 Å². The van der Waals surface area contributed by atoms with Gasteiger partial charge >= 0.3 is 0 Å². The van der Waals surface area contributed by atoms with E-state index < -0.39 is 0 Å². The van der Waals surface area contributed by atoms with Crippen LogP contribution in [0.4, 0.5) is 16.5 Å². The number of nitrogens with one attached hydrogen (secondary N) is 1. The largest absolute Gasteiger partial charge is 0.507 e. The van der Waals surface area contributed by atoms with Crippen molar-refractivity contribution < 1.29 is 5.11 Å². The molecule has 7 heteroatoms. The lowest BCUT2D eigenvalue weighted by molar-refractivity contribution is 0.481. The Labute approximate surface area is 125 Å². The monoisotopic (exact) mass is 299 g/mol. The van der Waals surface area contributed by atoms with Gasteiger partial charge in [0.25, 0.3) is 0 Å². The molecule has 6 nitrogen and oxygen atoms in total. The van der Waals surface area contributed by atoms with Gasteiger partial charge < -0.3 is 10.4 Å². The highest BCUT2D eigenvalue weighted by Gasteiger charge is 2.09. The van der Waals surface area contributed by atoms with Crippen molar-refractivity contribution in [2.75, 3.05) is 12.4 Å². The molecule has 0 fully saturated rings. The molecule has 2 N–H and O–H groups in total. The summed E-state index contributed by atoms with van der Waals surface area (Å²) in [6.45, 7) is 1.81. The molecule has 0 radical (unpaired) electrons. The molecule has 0 aliphatic carbocycles. The first-order chi connectivity index (χ1) is 10.2. The molecule has 3 rings (SSSR count). The normalized spacial score (nSPS) is 11.3. The van der Waals surface area contributed by atoms with Crippen LogP contribution in [0.1, 0.15) is 5.82 Å². The van der Waals surface area contributed by atoms with Gasteiger partial charge in [0.2, 0.25) is 5.13 Å². The van der Waals surface area contributed by atoms with E-state index >= 15 is 0 Å². The number of nitrogens with zero attached hydrogens (tertiary/aromatic N) is 4. The molecule has 0 atom stereocenters. The second-order valence-electron chi connectivity index (χ2n) is 4.41. The maximum absolute atomic E-state index is 9.98. The average Bonchev–Trinajstić information content (AvgIpc) is 2.92. The highest BCUT2D eigenvalue weighted by atomic mass is 32.1. The number of phenolic OH excluding ortho intramolecular Hbond substituents is 1. The van der Waals surface area contributed by atoms with E-state index in [4.69, 9.17) is 0 Å². The van der Waals surface area contributed by atoms with E-state index in [1.807, 2.05) is 32.2 Å². The van der Waals surface area contributed by atoms with Gasteiger partial charge in [-0.3, -0.25) is 0 Å². The summed E-state index contributed by atoms with van der Waals surface area (Å²) >= 11 is 1.20. The van der Waals surface area contributed by atoms with E-state index in [9.17, 15) is 5.11 Å². The standard InChI is InChI=1S/C14H13N5OS/c1-8-16-14(21-19-8)18-17-11-6-7-12(20)9-4-3-5-10(15-2)13(9)11/h3-7,15,20H,1-2H3. The predicted octanol–water partition coefficient (Wildman–Crippen LogP) is 4.16. The predicted molar refractivity (Wildman–Crippen MR) is 84.0 cm³/mol. The Morgan fingerprint density at radius 3 is 2.76 bits per heavy atom. The van der Waals surface area contributed by atoms with Crippen molar-refractivity contribution in [2.24, 2.45) is 10.2 Å². The summed E-state index contributed by atoms with van der Waals surface area (Å²) in [5.41, 5.74) is 1.55. The number of phenols is 1. The van der Waals surface area contributed by atoms with Crippen LogP contribution in [0, 0.1) is 6.92 Å². The number of anilines is 1. The van der Waals surface area contributed by atoms with Gasteiger partial charge in [0.05, 0.1) is 5.69 Å². The van der Waals surface area contributed by atoms with Crippen LogP contribution in [0.2, 0.25) is 0 Å².